The van der Waals surface area contributed by atoms with E-state index in [-0.39, 0.29) is 23.5 Å². The molecule has 1 aliphatic rings. The summed E-state index contributed by atoms with van der Waals surface area (Å²) in [6.45, 7) is 4.46. The number of nitrogens with zero attached hydrogens (tertiary/aromatic N) is 3. The van der Waals surface area contributed by atoms with Gasteiger partial charge in [-0.15, -0.1) is 0 Å². The van der Waals surface area contributed by atoms with E-state index in [2.05, 4.69) is 15.2 Å². The molecule has 2 aromatic heterocycles. The van der Waals surface area contributed by atoms with Crippen molar-refractivity contribution in [1.29, 1.82) is 0 Å². The highest BCUT2D eigenvalue weighted by Crippen LogP contribution is 2.14. The van der Waals surface area contributed by atoms with E-state index in [1.54, 1.807) is 17.8 Å². The SMILES string of the molecule is Cn1cc(C(=O)NCCN2CCOCC2)c2[nH]c(=O)n(Cc3ccccc3)c(=O)c21. The molecule has 1 aliphatic heterocycles. The molecule has 1 fully saturated rings. The van der Waals surface area contributed by atoms with E-state index in [1.165, 1.54) is 0 Å². The summed E-state index contributed by atoms with van der Waals surface area (Å²) in [6, 6.07) is 9.30. The first-order chi connectivity index (χ1) is 14.5. The monoisotopic (exact) mass is 411 g/mol. The highest BCUT2D eigenvalue weighted by molar-refractivity contribution is 6.05. The number of morpholine rings is 1. The number of hydrogen-bond acceptors (Lipinski definition) is 5. The minimum Gasteiger partial charge on any atom is -0.379 e. The minimum atomic E-state index is -0.537. The number of fused-ring (bicyclic) bond motifs is 1. The summed E-state index contributed by atoms with van der Waals surface area (Å²) >= 11 is 0. The number of aromatic amines is 1. The maximum absolute atomic E-state index is 13.0. The summed E-state index contributed by atoms with van der Waals surface area (Å²) in [5.41, 5.74) is 0.734. The van der Waals surface area contributed by atoms with Crippen LogP contribution in [-0.2, 0) is 18.3 Å². The van der Waals surface area contributed by atoms with Crippen molar-refractivity contribution in [3.05, 3.63) is 68.5 Å². The maximum atomic E-state index is 13.0. The van der Waals surface area contributed by atoms with Gasteiger partial charge in [0, 0.05) is 39.4 Å². The van der Waals surface area contributed by atoms with Gasteiger partial charge in [-0.25, -0.2) is 4.79 Å². The molecule has 3 aromatic rings. The number of carbonyl (C=O) groups excluding carboxylic acids is 1. The van der Waals surface area contributed by atoms with Crippen LogP contribution in [0.25, 0.3) is 11.0 Å². The Labute approximate surface area is 172 Å². The molecular weight excluding hydrogens is 386 g/mol. The largest absolute Gasteiger partial charge is 0.379 e. The quantitative estimate of drug-likeness (QED) is 0.601. The molecule has 0 aliphatic carbocycles. The van der Waals surface area contributed by atoms with Gasteiger partial charge in [0.25, 0.3) is 11.5 Å². The van der Waals surface area contributed by atoms with Gasteiger partial charge in [0.2, 0.25) is 0 Å². The van der Waals surface area contributed by atoms with Crippen LogP contribution >= 0.6 is 0 Å². The molecule has 0 atom stereocenters. The second kappa shape index (κ2) is 8.68. The molecule has 158 valence electrons. The normalized spacial score (nSPS) is 14.8. The van der Waals surface area contributed by atoms with E-state index >= 15 is 0 Å². The fourth-order valence-electron chi connectivity index (χ4n) is 3.73. The Hall–Kier alpha value is -3.17. The molecule has 1 saturated heterocycles. The molecule has 9 nitrogen and oxygen atoms in total. The summed E-state index contributed by atoms with van der Waals surface area (Å²) < 4.78 is 8.06. The van der Waals surface area contributed by atoms with Crippen LogP contribution < -0.4 is 16.6 Å². The average Bonchev–Trinajstić information content (AvgIpc) is 3.09. The first kappa shape index (κ1) is 20.1. The smallest absolute Gasteiger partial charge is 0.329 e. The van der Waals surface area contributed by atoms with Crippen LogP contribution in [0, 0.1) is 0 Å². The van der Waals surface area contributed by atoms with Crippen molar-refractivity contribution in [2.24, 2.45) is 7.05 Å². The lowest BCUT2D eigenvalue weighted by Crippen LogP contribution is -2.41. The third kappa shape index (κ3) is 4.07. The van der Waals surface area contributed by atoms with Crippen LogP contribution in [0.4, 0.5) is 0 Å². The lowest BCUT2D eigenvalue weighted by atomic mass is 10.2. The number of aryl methyl sites for hydroxylation is 1. The van der Waals surface area contributed by atoms with Gasteiger partial charge in [0.15, 0.2) is 0 Å². The molecule has 4 rings (SSSR count). The molecule has 1 amide bonds. The third-order valence-corrected chi connectivity index (χ3v) is 5.35. The van der Waals surface area contributed by atoms with E-state index in [0.717, 1.165) is 29.8 Å². The lowest BCUT2D eigenvalue weighted by molar-refractivity contribution is 0.0383. The highest BCUT2D eigenvalue weighted by atomic mass is 16.5. The molecule has 30 heavy (non-hydrogen) atoms. The topological polar surface area (TPSA) is 101 Å². The zero-order chi connectivity index (χ0) is 21.1. The highest BCUT2D eigenvalue weighted by Gasteiger charge is 2.20. The van der Waals surface area contributed by atoms with Gasteiger partial charge >= 0.3 is 5.69 Å². The number of H-pyrrole nitrogens is 1. The zero-order valence-corrected chi connectivity index (χ0v) is 16.9. The van der Waals surface area contributed by atoms with Crippen molar-refractivity contribution in [2.45, 2.75) is 6.54 Å². The Morgan fingerprint density at radius 3 is 2.63 bits per heavy atom. The van der Waals surface area contributed by atoms with Crippen LogP contribution in [0.2, 0.25) is 0 Å². The molecular formula is C21H25N5O4. The number of carbonyl (C=O) groups is 1. The lowest BCUT2D eigenvalue weighted by Gasteiger charge is -2.26. The maximum Gasteiger partial charge on any atom is 0.329 e. The zero-order valence-electron chi connectivity index (χ0n) is 16.9. The predicted molar refractivity (Wildman–Crippen MR) is 113 cm³/mol. The van der Waals surface area contributed by atoms with Gasteiger partial charge < -0.3 is 19.6 Å². The van der Waals surface area contributed by atoms with Crippen LogP contribution in [0.5, 0.6) is 0 Å². The molecule has 3 heterocycles. The van der Waals surface area contributed by atoms with Gasteiger partial charge in [-0.1, -0.05) is 30.3 Å². The molecule has 0 radical (unpaired) electrons. The number of hydrogen-bond donors (Lipinski definition) is 2. The molecule has 1 aromatic carbocycles. The number of ether oxygens (including phenoxy) is 1. The van der Waals surface area contributed by atoms with Gasteiger partial charge in [-0.05, 0) is 5.56 Å². The van der Waals surface area contributed by atoms with Crippen molar-refractivity contribution in [2.75, 3.05) is 39.4 Å². The number of aromatic nitrogens is 3. The van der Waals surface area contributed by atoms with Crippen molar-refractivity contribution >= 4 is 16.9 Å². The first-order valence-electron chi connectivity index (χ1n) is 9.99. The summed E-state index contributed by atoms with van der Waals surface area (Å²) in [4.78, 5) is 43.3. The summed E-state index contributed by atoms with van der Waals surface area (Å²) in [6.07, 6.45) is 1.58. The number of nitrogens with one attached hydrogen (secondary N) is 2. The molecule has 0 spiro atoms. The van der Waals surface area contributed by atoms with Crippen LogP contribution in [0.3, 0.4) is 0 Å². The first-order valence-corrected chi connectivity index (χ1v) is 9.99. The summed E-state index contributed by atoms with van der Waals surface area (Å²) in [5.74, 6) is -0.315. The van der Waals surface area contributed by atoms with Gasteiger partial charge in [0.1, 0.15) is 5.52 Å². The third-order valence-electron chi connectivity index (χ3n) is 5.35. The van der Waals surface area contributed by atoms with Crippen molar-refractivity contribution in [3.8, 4) is 0 Å². The molecule has 0 saturated carbocycles. The second-order valence-electron chi connectivity index (χ2n) is 7.39. The van der Waals surface area contributed by atoms with Gasteiger partial charge in [-0.3, -0.25) is 19.1 Å². The number of rotatable bonds is 6. The summed E-state index contributed by atoms with van der Waals surface area (Å²) in [7, 11) is 1.69. The van der Waals surface area contributed by atoms with E-state index < -0.39 is 11.2 Å². The Morgan fingerprint density at radius 2 is 1.90 bits per heavy atom. The van der Waals surface area contributed by atoms with Crippen molar-refractivity contribution < 1.29 is 9.53 Å². The second-order valence-corrected chi connectivity index (χ2v) is 7.39. The fraction of sp³-hybridized carbons (Fsp3) is 0.381. The van der Waals surface area contributed by atoms with E-state index in [1.807, 2.05) is 30.3 Å². The van der Waals surface area contributed by atoms with Crippen LogP contribution in [0.1, 0.15) is 15.9 Å². The molecule has 0 bridgehead atoms. The molecule has 9 heteroatoms. The predicted octanol–water partition coefficient (Wildman–Crippen LogP) is 0.139. The van der Waals surface area contributed by atoms with Gasteiger partial charge in [-0.2, -0.15) is 0 Å². The van der Waals surface area contributed by atoms with Crippen LogP contribution in [-0.4, -0.2) is 64.3 Å². The van der Waals surface area contributed by atoms with E-state index in [4.69, 9.17) is 4.74 Å². The van der Waals surface area contributed by atoms with Gasteiger partial charge in [0.05, 0.1) is 30.8 Å². The fourth-order valence-corrected chi connectivity index (χ4v) is 3.73. The van der Waals surface area contributed by atoms with Crippen molar-refractivity contribution in [1.82, 2.24) is 24.3 Å². The standard InChI is InChI=1S/C21H25N5O4/c1-24-14-16(19(27)22-7-8-25-9-11-30-12-10-25)17-18(24)20(28)26(21(29)23-17)13-15-5-3-2-4-6-15/h2-6,14H,7-13H2,1H3,(H,22,27)(H,23,29). The number of benzene rings is 1. The average molecular weight is 411 g/mol. The van der Waals surface area contributed by atoms with Crippen molar-refractivity contribution in [3.63, 3.8) is 0 Å². The Bertz CT molecular complexity index is 1160. The van der Waals surface area contributed by atoms with E-state index in [9.17, 15) is 14.4 Å². The number of amides is 1. The van der Waals surface area contributed by atoms with Crippen LogP contribution in [0.15, 0.2) is 46.1 Å². The molecule has 2 N–H and O–H groups in total. The minimum absolute atomic E-state index is 0.164. The molecule has 0 unspecified atom stereocenters. The Kier molecular flexibility index (Phi) is 5.82. The van der Waals surface area contributed by atoms with E-state index in [0.29, 0.717) is 25.3 Å². The summed E-state index contributed by atoms with van der Waals surface area (Å²) in [5, 5.41) is 2.88. The Balaban J connectivity index is 1.57. The Morgan fingerprint density at radius 1 is 1.17 bits per heavy atom.